The number of fused-ring (bicyclic) bond motifs is 1. The zero-order valence-corrected chi connectivity index (χ0v) is 17.1. The number of halogens is 1. The van der Waals surface area contributed by atoms with Crippen LogP contribution in [0.4, 0.5) is 5.88 Å². The molecule has 0 atom stereocenters. The van der Waals surface area contributed by atoms with E-state index in [9.17, 15) is 4.79 Å². The van der Waals surface area contributed by atoms with Crippen LogP contribution in [0.1, 0.15) is 12.5 Å². The van der Waals surface area contributed by atoms with Gasteiger partial charge in [0.05, 0.1) is 20.3 Å². The smallest absolute Gasteiger partial charge is 0.204 e. The van der Waals surface area contributed by atoms with Crippen LogP contribution >= 0.6 is 22.9 Å². The molecule has 28 heavy (non-hydrogen) atoms. The molecule has 150 valence electrons. The second-order valence-corrected chi connectivity index (χ2v) is 7.12. The van der Waals surface area contributed by atoms with Gasteiger partial charge in [-0.25, -0.2) is 0 Å². The maximum Gasteiger partial charge on any atom is 0.204 e. The van der Waals surface area contributed by atoms with Crippen molar-refractivity contribution in [1.29, 1.82) is 0 Å². The Hall–Kier alpha value is -2.26. The summed E-state index contributed by atoms with van der Waals surface area (Å²) in [5, 5.41) is 1.85. The molecule has 9 heteroatoms. The lowest BCUT2D eigenvalue weighted by atomic mass is 10.1. The van der Waals surface area contributed by atoms with E-state index in [1.165, 1.54) is 30.0 Å². The fourth-order valence-electron chi connectivity index (χ4n) is 2.86. The third-order valence-corrected chi connectivity index (χ3v) is 5.44. The molecule has 3 rings (SSSR count). The van der Waals surface area contributed by atoms with Crippen molar-refractivity contribution in [2.45, 2.75) is 6.92 Å². The van der Waals surface area contributed by atoms with E-state index in [0.29, 0.717) is 59.6 Å². The largest absolute Gasteiger partial charge is 0.493 e. The number of nitrogens with zero attached hydrogens (tertiary/aromatic N) is 1. The summed E-state index contributed by atoms with van der Waals surface area (Å²) in [7, 11) is 1.51. The molecule has 0 saturated carbocycles. The molecule has 2 N–H and O–H groups in total. The van der Waals surface area contributed by atoms with Crippen LogP contribution in [0.3, 0.4) is 0 Å². The Labute approximate surface area is 171 Å². The molecule has 1 aliphatic rings. The van der Waals surface area contributed by atoms with Gasteiger partial charge in [0.2, 0.25) is 5.43 Å². The summed E-state index contributed by atoms with van der Waals surface area (Å²) >= 11 is 7.16. The number of rotatable bonds is 6. The van der Waals surface area contributed by atoms with Gasteiger partial charge in [-0.3, -0.25) is 4.79 Å². The van der Waals surface area contributed by atoms with E-state index in [1.54, 1.807) is 19.1 Å². The van der Waals surface area contributed by atoms with Gasteiger partial charge in [0, 0.05) is 35.6 Å². The first kappa shape index (κ1) is 20.5. The molecule has 3 heterocycles. The zero-order valence-electron chi connectivity index (χ0n) is 15.6. The summed E-state index contributed by atoms with van der Waals surface area (Å²) in [6.45, 7) is 4.21. The van der Waals surface area contributed by atoms with E-state index in [4.69, 9.17) is 36.2 Å². The summed E-state index contributed by atoms with van der Waals surface area (Å²) in [4.78, 5) is 19.4. The van der Waals surface area contributed by atoms with Gasteiger partial charge in [-0.1, -0.05) is 11.6 Å². The SMILES string of the molecule is COC(/C=C(\C=C\Cl)c1csc2c(=O)cc(N3CCOCC3)oc12)=C(/C)ON. The zero-order chi connectivity index (χ0) is 20.1. The average molecular weight is 425 g/mol. The van der Waals surface area contributed by atoms with Crippen molar-refractivity contribution >= 4 is 44.7 Å². The molecule has 0 radical (unpaired) electrons. The molecule has 0 spiro atoms. The lowest BCUT2D eigenvalue weighted by molar-refractivity contribution is 0.121. The third-order valence-electron chi connectivity index (χ3n) is 4.34. The highest BCUT2D eigenvalue weighted by atomic mass is 35.5. The first-order chi connectivity index (χ1) is 13.6. The number of hydrogen-bond acceptors (Lipinski definition) is 8. The fourth-order valence-corrected chi connectivity index (χ4v) is 3.90. The minimum Gasteiger partial charge on any atom is -0.493 e. The van der Waals surface area contributed by atoms with Gasteiger partial charge in [-0.15, -0.1) is 11.3 Å². The maximum absolute atomic E-state index is 12.6. The van der Waals surface area contributed by atoms with Crippen LogP contribution in [0.2, 0.25) is 0 Å². The van der Waals surface area contributed by atoms with E-state index in [-0.39, 0.29) is 5.43 Å². The van der Waals surface area contributed by atoms with E-state index in [0.717, 1.165) is 5.56 Å². The molecule has 2 aromatic heterocycles. The van der Waals surface area contributed by atoms with Crippen molar-refractivity contribution < 1.29 is 18.7 Å². The third kappa shape index (κ3) is 4.25. The second kappa shape index (κ2) is 9.29. The number of ether oxygens (including phenoxy) is 2. The Bertz CT molecular complexity index is 986. The Balaban J connectivity index is 2.14. The van der Waals surface area contributed by atoms with Gasteiger partial charge in [-0.2, -0.15) is 5.90 Å². The van der Waals surface area contributed by atoms with E-state index in [1.807, 2.05) is 10.3 Å². The Morgan fingerprint density at radius 3 is 2.79 bits per heavy atom. The summed E-state index contributed by atoms with van der Waals surface area (Å²) in [6.07, 6.45) is 3.41. The minimum absolute atomic E-state index is 0.0859. The molecule has 2 aromatic rings. The van der Waals surface area contributed by atoms with Crippen molar-refractivity contribution in [3.05, 3.63) is 56.4 Å². The molecule has 0 bridgehead atoms. The van der Waals surface area contributed by atoms with Gasteiger partial charge in [0.1, 0.15) is 4.70 Å². The van der Waals surface area contributed by atoms with Gasteiger partial charge in [0.15, 0.2) is 23.0 Å². The number of allylic oxidation sites excluding steroid dienone is 4. The lowest BCUT2D eigenvalue weighted by Gasteiger charge is -2.27. The highest BCUT2D eigenvalue weighted by molar-refractivity contribution is 7.17. The monoisotopic (exact) mass is 424 g/mol. The van der Waals surface area contributed by atoms with Crippen molar-refractivity contribution in [1.82, 2.24) is 0 Å². The highest BCUT2D eigenvalue weighted by Crippen LogP contribution is 2.33. The molecule has 1 saturated heterocycles. The van der Waals surface area contributed by atoms with Crippen LogP contribution in [0, 0.1) is 0 Å². The quantitative estimate of drug-likeness (QED) is 0.430. The van der Waals surface area contributed by atoms with E-state index in [2.05, 4.69) is 0 Å². The first-order valence-corrected chi connectivity index (χ1v) is 9.89. The average Bonchev–Trinajstić information content (AvgIpc) is 3.15. The number of nitrogens with two attached hydrogens (primary N) is 1. The number of morpholine rings is 1. The molecular formula is C19H21ClN2O5S. The number of anilines is 1. The molecule has 7 nitrogen and oxygen atoms in total. The van der Waals surface area contributed by atoms with Gasteiger partial charge in [0.25, 0.3) is 0 Å². The Morgan fingerprint density at radius 2 is 2.14 bits per heavy atom. The Morgan fingerprint density at radius 1 is 1.39 bits per heavy atom. The van der Waals surface area contributed by atoms with Crippen LogP contribution in [0.25, 0.3) is 15.9 Å². The second-order valence-electron chi connectivity index (χ2n) is 5.99. The minimum atomic E-state index is -0.0859. The van der Waals surface area contributed by atoms with Gasteiger partial charge < -0.3 is 23.6 Å². The molecule has 0 aromatic carbocycles. The van der Waals surface area contributed by atoms with Crippen LogP contribution in [0.15, 0.2) is 49.9 Å². The van der Waals surface area contributed by atoms with Crippen LogP contribution < -0.4 is 16.2 Å². The lowest BCUT2D eigenvalue weighted by Crippen LogP contribution is -2.36. The molecule has 0 aliphatic carbocycles. The van der Waals surface area contributed by atoms with Crippen molar-refractivity contribution in [2.75, 3.05) is 38.3 Å². The molecule has 0 unspecified atom stereocenters. The van der Waals surface area contributed by atoms with Crippen LogP contribution in [0.5, 0.6) is 0 Å². The predicted octanol–water partition coefficient (Wildman–Crippen LogP) is 3.60. The summed E-state index contributed by atoms with van der Waals surface area (Å²) in [5.74, 6) is 6.60. The van der Waals surface area contributed by atoms with Crippen LogP contribution in [-0.2, 0) is 14.3 Å². The fraction of sp³-hybridized carbons (Fsp3) is 0.316. The van der Waals surface area contributed by atoms with E-state index >= 15 is 0 Å². The van der Waals surface area contributed by atoms with Crippen LogP contribution in [-0.4, -0.2) is 33.4 Å². The topological polar surface area (TPSA) is 87.2 Å². The highest BCUT2D eigenvalue weighted by Gasteiger charge is 2.19. The molecule has 1 aliphatic heterocycles. The van der Waals surface area contributed by atoms with E-state index < -0.39 is 0 Å². The normalized spacial score (nSPS) is 16.6. The van der Waals surface area contributed by atoms with Crippen molar-refractivity contribution in [3.63, 3.8) is 0 Å². The molecule has 1 fully saturated rings. The summed E-state index contributed by atoms with van der Waals surface area (Å²) in [6, 6.07) is 1.53. The van der Waals surface area contributed by atoms with Gasteiger partial charge >= 0.3 is 0 Å². The number of hydrogen-bond donors (Lipinski definition) is 1. The molecular weight excluding hydrogens is 404 g/mol. The standard InChI is InChI=1S/C19H21ClN2O5S/c1-12(27-21)16(24-2)9-13(3-4-20)14-11-28-19-15(23)10-17(26-18(14)19)22-5-7-25-8-6-22/h3-4,9-11H,5-8,21H2,1-2H3/b4-3+,13-9+,16-12-. The maximum atomic E-state index is 12.6. The number of methoxy groups -OCH3 is 1. The molecule has 0 amide bonds. The van der Waals surface area contributed by atoms with Crippen molar-refractivity contribution in [3.8, 4) is 0 Å². The summed E-state index contributed by atoms with van der Waals surface area (Å²) in [5.41, 5.74) is 3.21. The number of thiophene rings is 1. The predicted molar refractivity (Wildman–Crippen MR) is 111 cm³/mol. The Kier molecular flexibility index (Phi) is 6.79. The van der Waals surface area contributed by atoms with Crippen molar-refractivity contribution in [2.24, 2.45) is 5.90 Å². The van der Waals surface area contributed by atoms with Gasteiger partial charge in [-0.05, 0) is 24.6 Å². The summed E-state index contributed by atoms with van der Waals surface area (Å²) < 4.78 is 17.4. The first-order valence-electron chi connectivity index (χ1n) is 8.57.